The topological polar surface area (TPSA) is 112 Å². The third-order valence-corrected chi connectivity index (χ3v) is 5.46. The van der Waals surface area contributed by atoms with Crippen molar-refractivity contribution in [3.05, 3.63) is 65.9 Å². The molecule has 0 unspecified atom stereocenters. The van der Waals surface area contributed by atoms with Crippen LogP contribution in [0.2, 0.25) is 0 Å². The van der Waals surface area contributed by atoms with Crippen LogP contribution in [0.4, 0.5) is 0 Å². The molecule has 2 aromatic carbocycles. The fourth-order valence-electron chi connectivity index (χ4n) is 3.23. The Morgan fingerprint density at radius 1 is 1.10 bits per heavy atom. The van der Waals surface area contributed by atoms with Crippen LogP contribution in [0.1, 0.15) is 18.1 Å². The third-order valence-electron chi connectivity index (χ3n) is 4.54. The van der Waals surface area contributed by atoms with Gasteiger partial charge in [-0.15, -0.1) is 0 Å². The zero-order valence-electron chi connectivity index (χ0n) is 16.1. The maximum Gasteiger partial charge on any atom is 0.307 e. The van der Waals surface area contributed by atoms with Gasteiger partial charge >= 0.3 is 5.97 Å². The summed E-state index contributed by atoms with van der Waals surface area (Å²) in [5, 5.41) is 14.5. The summed E-state index contributed by atoms with van der Waals surface area (Å²) in [5.41, 5.74) is 3.77. The van der Waals surface area contributed by atoms with Gasteiger partial charge in [-0.3, -0.25) is 4.79 Å². The first-order chi connectivity index (χ1) is 13.7. The Morgan fingerprint density at radius 3 is 2.24 bits per heavy atom. The molecule has 1 heterocycles. The van der Waals surface area contributed by atoms with E-state index in [4.69, 9.17) is 9.88 Å². The van der Waals surface area contributed by atoms with Crippen LogP contribution >= 0.6 is 0 Å². The smallest absolute Gasteiger partial charge is 0.307 e. The van der Waals surface area contributed by atoms with Gasteiger partial charge in [-0.2, -0.15) is 0 Å². The predicted octanol–water partition coefficient (Wildman–Crippen LogP) is 3.13. The summed E-state index contributed by atoms with van der Waals surface area (Å²) >= 11 is 0. The third kappa shape index (κ3) is 4.49. The van der Waals surface area contributed by atoms with E-state index < -0.39 is 16.0 Å². The van der Waals surface area contributed by atoms with Crippen LogP contribution in [0.3, 0.4) is 0 Å². The number of nitrogens with two attached hydrogens (primary N) is 1. The van der Waals surface area contributed by atoms with Crippen LogP contribution < -0.4 is 9.88 Å². The lowest BCUT2D eigenvalue weighted by Gasteiger charge is -2.13. The van der Waals surface area contributed by atoms with Crippen molar-refractivity contribution in [1.29, 1.82) is 0 Å². The standard InChI is InChI=1S/C21H22N2O5S/c1-3-28-17-8-4-15(5-9-17)21-19(12-20(24)25)14(2)13-23(21)16-6-10-18(11-7-16)29(22,26)27/h4-11,13H,3,12H2,1-2H3,(H,24,25)(H2,22,26,27). The van der Waals surface area contributed by atoms with Gasteiger partial charge in [-0.1, -0.05) is 0 Å². The Labute approximate surface area is 169 Å². The molecule has 0 bridgehead atoms. The molecule has 0 atom stereocenters. The minimum absolute atomic E-state index is 0.0125. The van der Waals surface area contributed by atoms with E-state index in [1.165, 1.54) is 12.1 Å². The molecule has 0 spiro atoms. The van der Waals surface area contributed by atoms with Crippen molar-refractivity contribution in [1.82, 2.24) is 4.57 Å². The molecule has 1 aromatic heterocycles. The molecular formula is C21H22N2O5S. The minimum Gasteiger partial charge on any atom is -0.494 e. The highest BCUT2D eigenvalue weighted by atomic mass is 32.2. The summed E-state index contributed by atoms with van der Waals surface area (Å²) in [6, 6.07) is 13.6. The second-order valence-corrected chi connectivity index (χ2v) is 8.14. The van der Waals surface area contributed by atoms with Crippen LogP contribution in [0.15, 0.2) is 59.6 Å². The summed E-state index contributed by atoms with van der Waals surface area (Å²) in [6.07, 6.45) is 1.71. The van der Waals surface area contributed by atoms with Crippen molar-refractivity contribution in [2.75, 3.05) is 6.61 Å². The average Bonchev–Trinajstić information content (AvgIpc) is 2.98. The van der Waals surface area contributed by atoms with E-state index in [-0.39, 0.29) is 11.3 Å². The number of hydrogen-bond acceptors (Lipinski definition) is 4. The van der Waals surface area contributed by atoms with E-state index in [0.717, 1.165) is 22.6 Å². The normalized spacial score (nSPS) is 11.4. The molecule has 0 amide bonds. The molecular weight excluding hydrogens is 392 g/mol. The minimum atomic E-state index is -3.79. The number of aliphatic carboxylic acids is 1. The number of carbonyl (C=O) groups is 1. The maximum atomic E-state index is 11.5. The number of aryl methyl sites for hydroxylation is 1. The lowest BCUT2D eigenvalue weighted by Crippen LogP contribution is -2.12. The molecule has 0 aliphatic rings. The van der Waals surface area contributed by atoms with Crippen LogP contribution in [-0.4, -0.2) is 30.7 Å². The van der Waals surface area contributed by atoms with Gasteiger partial charge in [0.2, 0.25) is 10.0 Å². The number of rotatable bonds is 7. The number of ether oxygens (including phenoxy) is 1. The van der Waals surface area contributed by atoms with Crippen molar-refractivity contribution in [3.63, 3.8) is 0 Å². The Bertz CT molecular complexity index is 1130. The number of sulfonamides is 1. The van der Waals surface area contributed by atoms with Crippen molar-refractivity contribution in [2.24, 2.45) is 5.14 Å². The Morgan fingerprint density at radius 2 is 1.72 bits per heavy atom. The molecule has 0 saturated carbocycles. The van der Waals surface area contributed by atoms with E-state index in [9.17, 15) is 18.3 Å². The Balaban J connectivity index is 2.15. The van der Waals surface area contributed by atoms with Crippen LogP contribution in [-0.2, 0) is 21.2 Å². The quantitative estimate of drug-likeness (QED) is 0.617. The van der Waals surface area contributed by atoms with Gasteiger partial charge in [0.25, 0.3) is 0 Å². The molecule has 0 aliphatic heterocycles. The lowest BCUT2D eigenvalue weighted by atomic mass is 10.0. The number of carboxylic acids is 1. The molecule has 8 heteroatoms. The molecule has 3 aromatic rings. The highest BCUT2D eigenvalue weighted by molar-refractivity contribution is 7.89. The van der Waals surface area contributed by atoms with E-state index in [2.05, 4.69) is 0 Å². The van der Waals surface area contributed by atoms with Crippen LogP contribution in [0.5, 0.6) is 5.75 Å². The van der Waals surface area contributed by atoms with E-state index in [0.29, 0.717) is 17.9 Å². The Kier molecular flexibility index (Phi) is 5.76. The summed E-state index contributed by atoms with van der Waals surface area (Å²) < 4.78 is 30.4. The maximum absolute atomic E-state index is 11.5. The summed E-state index contributed by atoms with van der Waals surface area (Å²) in [6.45, 7) is 4.31. The Hall–Kier alpha value is -3.10. The van der Waals surface area contributed by atoms with Crippen molar-refractivity contribution in [2.45, 2.75) is 25.2 Å². The van der Waals surface area contributed by atoms with E-state index in [1.807, 2.05) is 48.9 Å². The fourth-order valence-corrected chi connectivity index (χ4v) is 3.75. The molecule has 152 valence electrons. The number of hydrogen-bond donors (Lipinski definition) is 2. The van der Waals surface area contributed by atoms with Crippen molar-refractivity contribution in [3.8, 4) is 22.7 Å². The summed E-state index contributed by atoms with van der Waals surface area (Å²) in [7, 11) is -3.79. The molecule has 0 fully saturated rings. The zero-order chi connectivity index (χ0) is 21.2. The molecule has 3 N–H and O–H groups in total. The van der Waals surface area contributed by atoms with E-state index >= 15 is 0 Å². The number of aromatic nitrogens is 1. The van der Waals surface area contributed by atoms with Gasteiger partial charge in [0.1, 0.15) is 5.75 Å². The summed E-state index contributed by atoms with van der Waals surface area (Å²) in [5.74, 6) is -0.203. The van der Waals surface area contributed by atoms with Gasteiger partial charge < -0.3 is 14.4 Å². The highest BCUT2D eigenvalue weighted by Crippen LogP contribution is 2.33. The molecule has 0 saturated heterocycles. The second kappa shape index (κ2) is 8.10. The average molecular weight is 414 g/mol. The van der Waals surface area contributed by atoms with Crippen molar-refractivity contribution < 1.29 is 23.1 Å². The monoisotopic (exact) mass is 414 g/mol. The van der Waals surface area contributed by atoms with Gasteiger partial charge in [-0.25, -0.2) is 13.6 Å². The first kappa shape index (κ1) is 20.6. The van der Waals surface area contributed by atoms with Gasteiger partial charge in [0.15, 0.2) is 0 Å². The SMILES string of the molecule is CCOc1ccc(-c2c(CC(=O)O)c(C)cn2-c2ccc(S(N)(=O)=O)cc2)cc1. The van der Waals surface area contributed by atoms with Gasteiger partial charge in [-0.05, 0) is 79.1 Å². The molecule has 0 aliphatic carbocycles. The van der Waals surface area contributed by atoms with Crippen molar-refractivity contribution >= 4 is 16.0 Å². The summed E-state index contributed by atoms with van der Waals surface area (Å²) in [4.78, 5) is 11.4. The largest absolute Gasteiger partial charge is 0.494 e. The van der Waals surface area contributed by atoms with E-state index in [1.54, 1.807) is 12.1 Å². The molecule has 7 nitrogen and oxygen atoms in total. The second-order valence-electron chi connectivity index (χ2n) is 6.58. The van der Waals surface area contributed by atoms with Gasteiger partial charge in [0.05, 0.1) is 23.6 Å². The number of primary sulfonamides is 1. The highest BCUT2D eigenvalue weighted by Gasteiger charge is 2.19. The first-order valence-electron chi connectivity index (χ1n) is 8.99. The van der Waals surface area contributed by atoms with Crippen LogP contribution in [0.25, 0.3) is 16.9 Å². The molecule has 0 radical (unpaired) electrons. The number of benzene rings is 2. The molecule has 3 rings (SSSR count). The number of carboxylic acid groups (broad SMARTS) is 1. The predicted molar refractivity (Wildman–Crippen MR) is 110 cm³/mol. The number of nitrogens with zero attached hydrogens (tertiary/aromatic N) is 1. The molecule has 29 heavy (non-hydrogen) atoms. The zero-order valence-corrected chi connectivity index (χ0v) is 16.9. The first-order valence-corrected chi connectivity index (χ1v) is 10.5. The van der Waals surface area contributed by atoms with Crippen LogP contribution in [0, 0.1) is 6.92 Å². The fraction of sp³-hybridized carbons (Fsp3) is 0.190. The van der Waals surface area contributed by atoms with Gasteiger partial charge in [0, 0.05) is 11.9 Å². The lowest BCUT2D eigenvalue weighted by molar-refractivity contribution is -0.136.